The summed E-state index contributed by atoms with van der Waals surface area (Å²) in [5.41, 5.74) is 7.58. The van der Waals surface area contributed by atoms with Crippen LogP contribution < -0.4 is 5.43 Å². The van der Waals surface area contributed by atoms with Gasteiger partial charge in [-0.2, -0.15) is 0 Å². The highest BCUT2D eigenvalue weighted by Crippen LogP contribution is 2.26. The van der Waals surface area contributed by atoms with Gasteiger partial charge in [-0.3, -0.25) is 5.43 Å². The molecule has 0 saturated carbocycles. The molecular formula is C19H21BrN6. The molecule has 0 amide bonds. The monoisotopic (exact) mass is 412 g/mol. The maximum atomic E-state index is 4.65. The van der Waals surface area contributed by atoms with Gasteiger partial charge in [0.05, 0.1) is 5.52 Å². The molecule has 7 heteroatoms. The summed E-state index contributed by atoms with van der Waals surface area (Å²) in [4.78, 5) is 15.8. The smallest absolute Gasteiger partial charge is 0.238 e. The standard InChI is InChI=1S/C19H21BrN6/c1-13-9-15(11-21-18(13)20)14-3-4-17-16(10-14)12-22-19(23-17)24-26-7-5-25(2)6-8-26/h3-4,9-12H,5-8H2,1-2H3,(H,22,23,24). The Morgan fingerprint density at radius 3 is 2.58 bits per heavy atom. The van der Waals surface area contributed by atoms with Crippen LogP contribution in [-0.4, -0.2) is 58.1 Å². The Balaban J connectivity index is 1.57. The fourth-order valence-electron chi connectivity index (χ4n) is 3.04. The fraction of sp³-hybridized carbons (Fsp3) is 0.316. The van der Waals surface area contributed by atoms with E-state index in [1.807, 2.05) is 25.4 Å². The molecule has 3 aromatic rings. The van der Waals surface area contributed by atoms with Gasteiger partial charge in [-0.1, -0.05) is 6.07 Å². The molecular weight excluding hydrogens is 392 g/mol. The zero-order chi connectivity index (χ0) is 18.1. The topological polar surface area (TPSA) is 57.2 Å². The Morgan fingerprint density at radius 1 is 1.00 bits per heavy atom. The van der Waals surface area contributed by atoms with E-state index in [4.69, 9.17) is 0 Å². The lowest BCUT2D eigenvalue weighted by molar-refractivity contribution is 0.178. The minimum atomic E-state index is 0.649. The lowest BCUT2D eigenvalue weighted by atomic mass is 10.0. The normalized spacial score (nSPS) is 16.1. The predicted molar refractivity (Wildman–Crippen MR) is 108 cm³/mol. The van der Waals surface area contributed by atoms with Gasteiger partial charge in [0.1, 0.15) is 4.60 Å². The summed E-state index contributed by atoms with van der Waals surface area (Å²) in [6.07, 6.45) is 3.76. The summed E-state index contributed by atoms with van der Waals surface area (Å²) >= 11 is 3.45. The second-order valence-electron chi connectivity index (χ2n) is 6.70. The minimum Gasteiger partial charge on any atom is -0.304 e. The molecule has 1 fully saturated rings. The highest BCUT2D eigenvalue weighted by Gasteiger charge is 2.14. The van der Waals surface area contributed by atoms with E-state index in [2.05, 4.69) is 71.5 Å². The SMILES string of the molecule is Cc1cc(-c2ccc3nc(NN4CCN(C)CC4)ncc3c2)cnc1Br. The Morgan fingerprint density at radius 2 is 1.81 bits per heavy atom. The molecule has 134 valence electrons. The molecule has 26 heavy (non-hydrogen) atoms. The number of hydrazine groups is 1. The molecule has 0 aliphatic carbocycles. The molecule has 0 atom stereocenters. The molecule has 0 spiro atoms. The van der Waals surface area contributed by atoms with E-state index in [0.29, 0.717) is 5.95 Å². The lowest BCUT2D eigenvalue weighted by Gasteiger charge is -2.32. The second-order valence-corrected chi connectivity index (χ2v) is 7.45. The van der Waals surface area contributed by atoms with E-state index in [-0.39, 0.29) is 0 Å². The van der Waals surface area contributed by atoms with Crippen LogP contribution in [0, 0.1) is 6.92 Å². The van der Waals surface area contributed by atoms with Gasteiger partial charge in [-0.15, -0.1) is 0 Å². The van der Waals surface area contributed by atoms with E-state index >= 15 is 0 Å². The van der Waals surface area contributed by atoms with Gasteiger partial charge in [0, 0.05) is 49.5 Å². The highest BCUT2D eigenvalue weighted by molar-refractivity contribution is 9.10. The number of nitrogens with one attached hydrogen (secondary N) is 1. The van der Waals surface area contributed by atoms with Crippen molar-refractivity contribution in [2.24, 2.45) is 0 Å². The quantitative estimate of drug-likeness (QED) is 0.665. The number of aryl methyl sites for hydroxylation is 1. The van der Waals surface area contributed by atoms with Crippen molar-refractivity contribution in [3.63, 3.8) is 0 Å². The number of anilines is 1. The Bertz CT molecular complexity index is 936. The van der Waals surface area contributed by atoms with E-state index in [9.17, 15) is 0 Å². The maximum Gasteiger partial charge on any atom is 0.238 e. The number of rotatable bonds is 3. The van der Waals surface area contributed by atoms with Crippen molar-refractivity contribution < 1.29 is 0 Å². The fourth-order valence-corrected chi connectivity index (χ4v) is 3.26. The van der Waals surface area contributed by atoms with Crippen LogP contribution in [-0.2, 0) is 0 Å². The van der Waals surface area contributed by atoms with Crippen molar-refractivity contribution in [2.45, 2.75) is 6.92 Å². The van der Waals surface area contributed by atoms with Crippen molar-refractivity contribution in [3.05, 3.63) is 46.8 Å². The number of aromatic nitrogens is 3. The summed E-state index contributed by atoms with van der Waals surface area (Å²) in [6, 6.07) is 8.36. The van der Waals surface area contributed by atoms with Gasteiger partial charge in [0.25, 0.3) is 0 Å². The van der Waals surface area contributed by atoms with Crippen LogP contribution in [0.5, 0.6) is 0 Å². The van der Waals surface area contributed by atoms with Gasteiger partial charge >= 0.3 is 0 Å². The average molecular weight is 413 g/mol. The van der Waals surface area contributed by atoms with Crippen LogP contribution in [0.15, 0.2) is 41.3 Å². The molecule has 3 heterocycles. The number of halogens is 1. The molecule has 6 nitrogen and oxygen atoms in total. The third-order valence-corrected chi connectivity index (χ3v) is 5.52. The summed E-state index contributed by atoms with van der Waals surface area (Å²) < 4.78 is 0.880. The van der Waals surface area contributed by atoms with Crippen molar-refractivity contribution in [1.29, 1.82) is 0 Å². The molecule has 1 saturated heterocycles. The Hall–Kier alpha value is -2.09. The maximum absolute atomic E-state index is 4.65. The first kappa shape index (κ1) is 17.3. The molecule has 0 bridgehead atoms. The predicted octanol–water partition coefficient (Wildman–Crippen LogP) is 3.34. The van der Waals surface area contributed by atoms with Crippen molar-refractivity contribution >= 4 is 32.8 Å². The Labute approximate surface area is 161 Å². The van der Waals surface area contributed by atoms with Crippen molar-refractivity contribution in [2.75, 3.05) is 38.7 Å². The van der Waals surface area contributed by atoms with E-state index in [0.717, 1.165) is 58.4 Å². The first-order valence-electron chi connectivity index (χ1n) is 8.68. The van der Waals surface area contributed by atoms with Crippen LogP contribution in [0.1, 0.15) is 5.56 Å². The molecule has 1 N–H and O–H groups in total. The number of nitrogens with zero attached hydrogens (tertiary/aromatic N) is 5. The van der Waals surface area contributed by atoms with E-state index < -0.39 is 0 Å². The molecule has 1 aliphatic rings. The highest BCUT2D eigenvalue weighted by atomic mass is 79.9. The lowest BCUT2D eigenvalue weighted by Crippen LogP contribution is -2.47. The zero-order valence-corrected chi connectivity index (χ0v) is 16.5. The summed E-state index contributed by atoms with van der Waals surface area (Å²) in [5, 5.41) is 3.19. The van der Waals surface area contributed by atoms with Gasteiger partial charge in [0.15, 0.2) is 0 Å². The van der Waals surface area contributed by atoms with E-state index in [1.165, 1.54) is 0 Å². The molecule has 1 aromatic carbocycles. The van der Waals surface area contributed by atoms with E-state index in [1.54, 1.807) is 0 Å². The number of fused-ring (bicyclic) bond motifs is 1. The largest absolute Gasteiger partial charge is 0.304 e. The molecule has 0 unspecified atom stereocenters. The minimum absolute atomic E-state index is 0.649. The number of pyridine rings is 1. The van der Waals surface area contributed by atoms with Crippen LogP contribution in [0.25, 0.3) is 22.0 Å². The van der Waals surface area contributed by atoms with Crippen LogP contribution in [0.3, 0.4) is 0 Å². The number of benzene rings is 1. The summed E-state index contributed by atoms with van der Waals surface area (Å²) in [7, 11) is 2.14. The van der Waals surface area contributed by atoms with Crippen molar-refractivity contribution in [3.8, 4) is 11.1 Å². The number of likely N-dealkylation sites (N-methyl/N-ethyl adjacent to an activating group) is 1. The zero-order valence-electron chi connectivity index (χ0n) is 14.9. The Kier molecular flexibility index (Phi) is 4.84. The summed E-state index contributed by atoms with van der Waals surface area (Å²) in [5.74, 6) is 0.649. The first-order chi connectivity index (χ1) is 12.6. The number of hydrogen-bond donors (Lipinski definition) is 1. The molecule has 4 rings (SSSR count). The number of piperazine rings is 1. The third kappa shape index (κ3) is 3.70. The molecule has 2 aromatic heterocycles. The first-order valence-corrected chi connectivity index (χ1v) is 9.47. The second kappa shape index (κ2) is 7.26. The van der Waals surface area contributed by atoms with Crippen LogP contribution in [0.4, 0.5) is 5.95 Å². The van der Waals surface area contributed by atoms with Gasteiger partial charge in [0.2, 0.25) is 5.95 Å². The van der Waals surface area contributed by atoms with Crippen LogP contribution in [0.2, 0.25) is 0 Å². The van der Waals surface area contributed by atoms with Crippen LogP contribution >= 0.6 is 15.9 Å². The molecule has 1 aliphatic heterocycles. The number of hydrogen-bond acceptors (Lipinski definition) is 6. The third-order valence-electron chi connectivity index (χ3n) is 4.69. The van der Waals surface area contributed by atoms with Gasteiger partial charge < -0.3 is 4.90 Å². The average Bonchev–Trinajstić information content (AvgIpc) is 2.65. The molecule has 0 radical (unpaired) electrons. The van der Waals surface area contributed by atoms with Gasteiger partial charge in [-0.25, -0.2) is 20.0 Å². The van der Waals surface area contributed by atoms with Gasteiger partial charge in [-0.05, 0) is 59.2 Å². The summed E-state index contributed by atoms with van der Waals surface area (Å²) in [6.45, 7) is 6.07. The van der Waals surface area contributed by atoms with Crippen molar-refractivity contribution in [1.82, 2.24) is 24.9 Å².